The summed E-state index contributed by atoms with van der Waals surface area (Å²) in [6.45, 7) is 4.91. The maximum absolute atomic E-state index is 12.3. The largest absolute Gasteiger partial charge is 0.495 e. The summed E-state index contributed by atoms with van der Waals surface area (Å²) in [7, 11) is 1.38. The number of unbranched alkanes of at least 4 members (excludes halogenated alkanes) is 1. The molecule has 0 aliphatic heterocycles. The second-order valence-corrected chi connectivity index (χ2v) is 5.24. The Hall–Kier alpha value is -2.64. The number of hydrogen-bond donors (Lipinski definition) is 1. The topological polar surface area (TPSA) is 102 Å². The van der Waals surface area contributed by atoms with Crippen LogP contribution in [0, 0.1) is 10.1 Å². The number of nitro groups is 1. The molecule has 0 saturated heterocycles. The third-order valence-electron chi connectivity index (χ3n) is 3.40. The number of hydrogen-bond acceptors (Lipinski definition) is 5. The maximum Gasteiger partial charge on any atom is 0.314 e. The molecule has 8 nitrogen and oxygen atoms in total. The molecule has 0 unspecified atom stereocenters. The van der Waals surface area contributed by atoms with Gasteiger partial charge in [0.1, 0.15) is 5.75 Å². The second kappa shape index (κ2) is 9.49. The number of rotatable bonds is 8. The minimum absolute atomic E-state index is 0.0944. The van der Waals surface area contributed by atoms with Crippen LogP contribution in [0.2, 0.25) is 0 Å². The lowest BCUT2D eigenvalue weighted by atomic mass is 10.2. The second-order valence-electron chi connectivity index (χ2n) is 5.24. The Labute approximate surface area is 140 Å². The van der Waals surface area contributed by atoms with Crippen molar-refractivity contribution < 1.29 is 19.2 Å². The Balaban J connectivity index is 2.93. The number of carbonyl (C=O) groups is 2. The third-order valence-corrected chi connectivity index (χ3v) is 3.40. The molecule has 132 valence electrons. The van der Waals surface area contributed by atoms with Gasteiger partial charge in [-0.25, -0.2) is 0 Å². The van der Waals surface area contributed by atoms with E-state index < -0.39 is 16.7 Å². The zero-order valence-electron chi connectivity index (χ0n) is 14.2. The number of nitrogens with one attached hydrogen (secondary N) is 1. The van der Waals surface area contributed by atoms with E-state index in [9.17, 15) is 19.7 Å². The molecule has 0 aliphatic rings. The summed E-state index contributed by atoms with van der Waals surface area (Å²) in [6, 6.07) is 3.81. The Morgan fingerprint density at radius 1 is 1.25 bits per heavy atom. The number of benzene rings is 1. The van der Waals surface area contributed by atoms with Crippen LogP contribution in [-0.4, -0.2) is 41.8 Å². The van der Waals surface area contributed by atoms with Crippen LogP contribution in [-0.2, 0) is 9.59 Å². The van der Waals surface area contributed by atoms with E-state index in [1.807, 2.05) is 13.8 Å². The van der Waals surface area contributed by atoms with Gasteiger partial charge in [-0.15, -0.1) is 0 Å². The van der Waals surface area contributed by atoms with Gasteiger partial charge in [0.2, 0.25) is 0 Å². The fourth-order valence-corrected chi connectivity index (χ4v) is 2.16. The van der Waals surface area contributed by atoms with Crippen LogP contribution in [0.15, 0.2) is 18.2 Å². The van der Waals surface area contributed by atoms with Gasteiger partial charge in [-0.05, 0) is 18.9 Å². The van der Waals surface area contributed by atoms with Crippen molar-refractivity contribution in [1.29, 1.82) is 0 Å². The molecule has 2 amide bonds. The van der Waals surface area contributed by atoms with E-state index in [2.05, 4.69) is 5.32 Å². The van der Waals surface area contributed by atoms with Crippen LogP contribution >= 0.6 is 0 Å². The fraction of sp³-hybridized carbons (Fsp3) is 0.500. The highest BCUT2D eigenvalue weighted by Gasteiger charge is 2.23. The molecule has 0 aromatic heterocycles. The van der Waals surface area contributed by atoms with E-state index in [-0.39, 0.29) is 17.1 Å². The Kier molecular flexibility index (Phi) is 7.67. The molecule has 0 bridgehead atoms. The summed E-state index contributed by atoms with van der Waals surface area (Å²) in [4.78, 5) is 36.3. The number of amides is 2. The molecule has 0 fully saturated rings. The monoisotopic (exact) mass is 337 g/mol. The molecule has 0 saturated carbocycles. The van der Waals surface area contributed by atoms with Crippen molar-refractivity contribution in [2.75, 3.05) is 25.5 Å². The minimum Gasteiger partial charge on any atom is -0.495 e. The molecule has 1 aromatic carbocycles. The van der Waals surface area contributed by atoms with Crippen molar-refractivity contribution >= 4 is 23.2 Å². The lowest BCUT2D eigenvalue weighted by molar-refractivity contribution is -0.384. The fourth-order valence-electron chi connectivity index (χ4n) is 2.16. The first-order valence-electron chi connectivity index (χ1n) is 7.87. The highest BCUT2D eigenvalue weighted by molar-refractivity contribution is 6.39. The third kappa shape index (κ3) is 5.22. The number of methoxy groups -OCH3 is 1. The van der Waals surface area contributed by atoms with Gasteiger partial charge in [0.05, 0.1) is 17.7 Å². The van der Waals surface area contributed by atoms with E-state index in [0.717, 1.165) is 19.3 Å². The molecular weight excluding hydrogens is 314 g/mol. The molecular formula is C16H23N3O5. The van der Waals surface area contributed by atoms with E-state index in [4.69, 9.17) is 4.74 Å². The number of carbonyl (C=O) groups excluding carboxylic acids is 2. The predicted molar refractivity (Wildman–Crippen MR) is 90.1 cm³/mol. The first kappa shape index (κ1) is 19.4. The smallest absolute Gasteiger partial charge is 0.314 e. The van der Waals surface area contributed by atoms with Gasteiger partial charge in [0.25, 0.3) is 5.69 Å². The summed E-state index contributed by atoms with van der Waals surface area (Å²) >= 11 is 0. The van der Waals surface area contributed by atoms with Crippen LogP contribution in [0.4, 0.5) is 11.4 Å². The number of nitro benzene ring substituents is 1. The van der Waals surface area contributed by atoms with Crippen molar-refractivity contribution in [3.8, 4) is 5.75 Å². The Morgan fingerprint density at radius 2 is 1.96 bits per heavy atom. The first-order valence-corrected chi connectivity index (χ1v) is 7.87. The molecule has 0 aliphatic carbocycles. The highest BCUT2D eigenvalue weighted by Crippen LogP contribution is 2.28. The lowest BCUT2D eigenvalue weighted by Gasteiger charge is -2.21. The van der Waals surface area contributed by atoms with Gasteiger partial charge >= 0.3 is 11.8 Å². The summed E-state index contributed by atoms with van der Waals surface area (Å²) in [5, 5.41) is 13.3. The molecule has 1 rings (SSSR count). The first-order chi connectivity index (χ1) is 11.4. The molecule has 1 N–H and O–H groups in total. The van der Waals surface area contributed by atoms with E-state index in [0.29, 0.717) is 13.1 Å². The summed E-state index contributed by atoms with van der Waals surface area (Å²) < 4.78 is 5.07. The molecule has 1 aromatic rings. The van der Waals surface area contributed by atoms with Gasteiger partial charge < -0.3 is 15.0 Å². The highest BCUT2D eigenvalue weighted by atomic mass is 16.6. The van der Waals surface area contributed by atoms with E-state index >= 15 is 0 Å². The van der Waals surface area contributed by atoms with E-state index in [1.165, 1.54) is 30.2 Å². The SMILES string of the molecule is CCCCN(CCC)C(=O)C(=O)Nc1cc([N+](=O)[O-])ccc1OC. The van der Waals surface area contributed by atoms with Gasteiger partial charge in [0, 0.05) is 25.2 Å². The number of ether oxygens (including phenoxy) is 1. The zero-order chi connectivity index (χ0) is 18.1. The van der Waals surface area contributed by atoms with Crippen molar-refractivity contribution in [3.63, 3.8) is 0 Å². The number of non-ortho nitro benzene ring substituents is 1. The number of anilines is 1. The predicted octanol–water partition coefficient (Wildman–Crippen LogP) is 2.58. The molecule has 8 heteroatoms. The van der Waals surface area contributed by atoms with E-state index in [1.54, 1.807) is 0 Å². The van der Waals surface area contributed by atoms with Gasteiger partial charge in [-0.3, -0.25) is 19.7 Å². The molecule has 0 radical (unpaired) electrons. The van der Waals surface area contributed by atoms with Gasteiger partial charge in [0.15, 0.2) is 0 Å². The maximum atomic E-state index is 12.3. The number of nitrogens with zero attached hydrogens (tertiary/aromatic N) is 2. The summed E-state index contributed by atoms with van der Waals surface area (Å²) in [5.74, 6) is -1.24. The molecule has 0 spiro atoms. The van der Waals surface area contributed by atoms with Gasteiger partial charge in [-0.2, -0.15) is 0 Å². The van der Waals surface area contributed by atoms with Crippen LogP contribution in [0.25, 0.3) is 0 Å². The zero-order valence-corrected chi connectivity index (χ0v) is 14.2. The Bertz CT molecular complexity index is 603. The standard InChI is InChI=1S/C16H23N3O5/c1-4-6-10-18(9-5-2)16(21)15(20)17-13-11-12(19(22)23)7-8-14(13)24-3/h7-8,11H,4-6,9-10H2,1-3H3,(H,17,20). The summed E-state index contributed by atoms with van der Waals surface area (Å²) in [6.07, 6.45) is 2.45. The normalized spacial score (nSPS) is 10.1. The molecule has 24 heavy (non-hydrogen) atoms. The average Bonchev–Trinajstić information content (AvgIpc) is 2.57. The molecule has 0 heterocycles. The van der Waals surface area contributed by atoms with Crippen molar-refractivity contribution in [2.24, 2.45) is 0 Å². The van der Waals surface area contributed by atoms with Crippen LogP contribution in [0.1, 0.15) is 33.1 Å². The van der Waals surface area contributed by atoms with Crippen molar-refractivity contribution in [3.05, 3.63) is 28.3 Å². The van der Waals surface area contributed by atoms with Crippen LogP contribution < -0.4 is 10.1 Å². The lowest BCUT2D eigenvalue weighted by Crippen LogP contribution is -2.40. The van der Waals surface area contributed by atoms with Crippen LogP contribution in [0.5, 0.6) is 5.75 Å². The van der Waals surface area contributed by atoms with Gasteiger partial charge in [-0.1, -0.05) is 20.3 Å². The van der Waals surface area contributed by atoms with Crippen LogP contribution in [0.3, 0.4) is 0 Å². The molecule has 0 atom stereocenters. The summed E-state index contributed by atoms with van der Waals surface area (Å²) in [5.41, 5.74) is -0.105. The quantitative estimate of drug-likeness (QED) is 0.446. The average molecular weight is 337 g/mol. The van der Waals surface area contributed by atoms with Crippen molar-refractivity contribution in [2.45, 2.75) is 33.1 Å². The minimum atomic E-state index is -0.835. The van der Waals surface area contributed by atoms with Crippen molar-refractivity contribution in [1.82, 2.24) is 4.90 Å². The Morgan fingerprint density at radius 3 is 2.50 bits per heavy atom.